The highest BCUT2D eigenvalue weighted by atomic mass is 35.5. The van der Waals surface area contributed by atoms with Crippen LogP contribution >= 0.6 is 11.6 Å². The quantitative estimate of drug-likeness (QED) is 0.880. The van der Waals surface area contributed by atoms with Crippen LogP contribution in [0, 0.1) is 0 Å². The number of piperidine rings is 1. The fraction of sp³-hybridized carbons (Fsp3) is 0.462. The number of amides is 1. The summed E-state index contributed by atoms with van der Waals surface area (Å²) in [6.45, 7) is 0.640. The molecule has 3 heterocycles. The number of likely N-dealkylation sites (tertiary alicyclic amines) is 1. The highest BCUT2D eigenvalue weighted by Crippen LogP contribution is 2.30. The Kier molecular flexibility index (Phi) is 3.59. The molecular weight excluding hydrogens is 294 g/mol. The fourth-order valence-electron chi connectivity index (χ4n) is 2.78. The van der Waals surface area contributed by atoms with Gasteiger partial charge in [0.1, 0.15) is 5.69 Å². The van der Waals surface area contributed by atoms with Gasteiger partial charge in [0, 0.05) is 19.8 Å². The number of H-pyrrole nitrogens is 2. The van der Waals surface area contributed by atoms with Crippen LogP contribution in [0.4, 0.5) is 0 Å². The van der Waals surface area contributed by atoms with Crippen molar-refractivity contribution in [2.75, 3.05) is 6.54 Å². The summed E-state index contributed by atoms with van der Waals surface area (Å²) in [5.41, 5.74) is 0.176. The average molecular weight is 310 g/mol. The molecular formula is C13H16ClN5O2. The van der Waals surface area contributed by atoms with Crippen molar-refractivity contribution < 1.29 is 4.79 Å². The molecule has 0 aromatic carbocycles. The van der Waals surface area contributed by atoms with Crippen LogP contribution in [0.5, 0.6) is 0 Å². The van der Waals surface area contributed by atoms with E-state index in [-0.39, 0.29) is 17.6 Å². The number of hydrogen-bond acceptors (Lipinski definition) is 3. The Morgan fingerprint density at radius 1 is 1.48 bits per heavy atom. The van der Waals surface area contributed by atoms with Gasteiger partial charge in [0.15, 0.2) is 5.82 Å². The maximum atomic E-state index is 12.7. The molecule has 112 valence electrons. The second kappa shape index (κ2) is 5.40. The zero-order valence-electron chi connectivity index (χ0n) is 11.6. The topological polar surface area (TPSA) is 86.8 Å². The summed E-state index contributed by atoms with van der Waals surface area (Å²) in [4.78, 5) is 28.4. The zero-order chi connectivity index (χ0) is 15.0. The van der Waals surface area contributed by atoms with E-state index in [0.29, 0.717) is 23.1 Å². The van der Waals surface area contributed by atoms with Gasteiger partial charge >= 0.3 is 5.69 Å². The lowest BCUT2D eigenvalue weighted by Gasteiger charge is -2.34. The minimum absolute atomic E-state index is 0.0991. The van der Waals surface area contributed by atoms with Crippen molar-refractivity contribution in [3.8, 4) is 0 Å². The summed E-state index contributed by atoms with van der Waals surface area (Å²) in [5, 5.41) is 6.86. The third-order valence-corrected chi connectivity index (χ3v) is 4.00. The summed E-state index contributed by atoms with van der Waals surface area (Å²) < 4.78 is 1.71. The van der Waals surface area contributed by atoms with Gasteiger partial charge < -0.3 is 9.47 Å². The number of halogens is 1. The molecule has 0 spiro atoms. The molecule has 2 aromatic heterocycles. The van der Waals surface area contributed by atoms with E-state index in [9.17, 15) is 9.59 Å². The van der Waals surface area contributed by atoms with Crippen LogP contribution in [0.1, 0.15) is 41.6 Å². The first kappa shape index (κ1) is 13.9. The van der Waals surface area contributed by atoms with Gasteiger partial charge in [-0.15, -0.1) is 0 Å². The van der Waals surface area contributed by atoms with E-state index < -0.39 is 0 Å². The number of nitrogens with zero attached hydrogens (tertiary/aromatic N) is 3. The molecule has 1 fully saturated rings. The van der Waals surface area contributed by atoms with Gasteiger partial charge in [-0.2, -0.15) is 5.10 Å². The standard InChI is InChI=1S/C13H16ClN5O2/c1-18-7-8(14)6-10(18)12(20)19-5-3-2-4-9(19)11-15-13(21)17-16-11/h6-7,9H,2-5H2,1H3,(H2,15,16,17,21)/t9-/m0/s1. The SMILES string of the molecule is Cn1cc(Cl)cc1C(=O)N1CCCC[C@H]1c1n[nH]c(=O)[nH]1. The van der Waals surface area contributed by atoms with Gasteiger partial charge in [-0.05, 0) is 25.3 Å². The van der Waals surface area contributed by atoms with Crippen LogP contribution in [0.25, 0.3) is 0 Å². The van der Waals surface area contributed by atoms with Crippen LogP contribution in [0.15, 0.2) is 17.1 Å². The third-order valence-electron chi connectivity index (χ3n) is 3.79. The number of hydrogen-bond donors (Lipinski definition) is 2. The number of rotatable bonds is 2. The molecule has 0 aliphatic carbocycles. The Labute approximate surface area is 125 Å². The highest BCUT2D eigenvalue weighted by molar-refractivity contribution is 6.31. The number of carbonyl (C=O) groups is 1. The molecule has 1 aliphatic rings. The molecule has 21 heavy (non-hydrogen) atoms. The highest BCUT2D eigenvalue weighted by Gasteiger charge is 2.31. The summed E-state index contributed by atoms with van der Waals surface area (Å²) in [7, 11) is 1.79. The summed E-state index contributed by atoms with van der Waals surface area (Å²) in [6, 6.07) is 1.45. The van der Waals surface area contributed by atoms with E-state index in [1.165, 1.54) is 0 Å². The lowest BCUT2D eigenvalue weighted by Crippen LogP contribution is -2.39. The number of nitrogens with one attached hydrogen (secondary N) is 2. The molecule has 0 bridgehead atoms. The molecule has 3 rings (SSSR count). The monoisotopic (exact) mass is 309 g/mol. The second-order valence-corrected chi connectivity index (χ2v) is 5.66. The number of aromatic amines is 2. The van der Waals surface area contributed by atoms with E-state index in [4.69, 9.17) is 11.6 Å². The predicted molar refractivity (Wildman–Crippen MR) is 77.3 cm³/mol. The Balaban J connectivity index is 1.92. The molecule has 0 radical (unpaired) electrons. The van der Waals surface area contributed by atoms with Crippen LogP contribution in [-0.2, 0) is 7.05 Å². The Bertz CT molecular complexity index is 716. The molecule has 1 atom stereocenters. The largest absolute Gasteiger partial charge is 0.345 e. The van der Waals surface area contributed by atoms with Gasteiger partial charge in [-0.1, -0.05) is 11.6 Å². The van der Waals surface area contributed by atoms with Gasteiger partial charge in [0.05, 0.1) is 11.1 Å². The average Bonchev–Trinajstić information content (AvgIpc) is 3.04. The zero-order valence-corrected chi connectivity index (χ0v) is 12.4. The molecule has 1 amide bonds. The summed E-state index contributed by atoms with van der Waals surface area (Å²) >= 11 is 5.95. The molecule has 1 aliphatic heterocycles. The molecule has 0 unspecified atom stereocenters. The molecule has 8 heteroatoms. The van der Waals surface area contributed by atoms with Crippen LogP contribution in [0.2, 0.25) is 5.02 Å². The smallest absolute Gasteiger partial charge is 0.340 e. The Hall–Kier alpha value is -2.02. The van der Waals surface area contributed by atoms with Crippen molar-refractivity contribution in [3.05, 3.63) is 39.3 Å². The second-order valence-electron chi connectivity index (χ2n) is 5.23. The number of aromatic nitrogens is 4. The van der Waals surface area contributed by atoms with Crippen molar-refractivity contribution in [1.82, 2.24) is 24.6 Å². The third kappa shape index (κ3) is 2.61. The first-order valence-corrected chi connectivity index (χ1v) is 7.21. The lowest BCUT2D eigenvalue weighted by atomic mass is 10.0. The molecule has 2 N–H and O–H groups in total. The van der Waals surface area contributed by atoms with Crippen molar-refractivity contribution in [3.63, 3.8) is 0 Å². The van der Waals surface area contributed by atoms with Crippen LogP contribution < -0.4 is 5.69 Å². The molecule has 1 saturated heterocycles. The van der Waals surface area contributed by atoms with E-state index >= 15 is 0 Å². The molecule has 0 saturated carbocycles. The first-order valence-electron chi connectivity index (χ1n) is 6.83. The van der Waals surface area contributed by atoms with E-state index in [2.05, 4.69) is 15.2 Å². The van der Waals surface area contributed by atoms with E-state index in [1.807, 2.05) is 0 Å². The summed E-state index contributed by atoms with van der Waals surface area (Å²) in [6.07, 6.45) is 4.42. The predicted octanol–water partition coefficient (Wildman–Crippen LogP) is 1.46. The van der Waals surface area contributed by atoms with Crippen LogP contribution in [0.3, 0.4) is 0 Å². The van der Waals surface area contributed by atoms with Crippen molar-refractivity contribution in [2.24, 2.45) is 7.05 Å². The van der Waals surface area contributed by atoms with Gasteiger partial charge in [0.25, 0.3) is 5.91 Å². The Morgan fingerprint density at radius 3 is 2.90 bits per heavy atom. The minimum atomic E-state index is -0.357. The normalized spacial score (nSPS) is 19.0. The molecule has 7 nitrogen and oxygen atoms in total. The van der Waals surface area contributed by atoms with Crippen molar-refractivity contribution >= 4 is 17.5 Å². The van der Waals surface area contributed by atoms with E-state index in [1.54, 1.807) is 28.8 Å². The minimum Gasteiger partial charge on any atom is -0.345 e. The summed E-state index contributed by atoms with van der Waals surface area (Å²) in [5.74, 6) is 0.409. The first-order chi connectivity index (χ1) is 10.1. The van der Waals surface area contributed by atoms with Crippen LogP contribution in [-0.4, -0.2) is 37.1 Å². The van der Waals surface area contributed by atoms with E-state index in [0.717, 1.165) is 19.3 Å². The maximum absolute atomic E-state index is 12.7. The van der Waals surface area contributed by atoms with Crippen molar-refractivity contribution in [2.45, 2.75) is 25.3 Å². The molecule has 2 aromatic rings. The maximum Gasteiger partial charge on any atom is 0.340 e. The lowest BCUT2D eigenvalue weighted by molar-refractivity contribution is 0.0590. The van der Waals surface area contributed by atoms with Gasteiger partial charge in [-0.25, -0.2) is 9.89 Å². The van der Waals surface area contributed by atoms with Gasteiger partial charge in [0.2, 0.25) is 0 Å². The van der Waals surface area contributed by atoms with Gasteiger partial charge in [-0.3, -0.25) is 9.78 Å². The number of carbonyl (C=O) groups excluding carboxylic acids is 1. The van der Waals surface area contributed by atoms with Crippen molar-refractivity contribution in [1.29, 1.82) is 0 Å². The Morgan fingerprint density at radius 2 is 2.29 bits per heavy atom. The number of aryl methyl sites for hydroxylation is 1. The fourth-order valence-corrected chi connectivity index (χ4v) is 3.03.